The summed E-state index contributed by atoms with van der Waals surface area (Å²) in [4.78, 5) is 0.320. The van der Waals surface area contributed by atoms with Gasteiger partial charge in [0.2, 0.25) is 10.0 Å². The lowest BCUT2D eigenvalue weighted by atomic mass is 10.2. The Balaban J connectivity index is 2.30. The molecule has 1 aromatic carbocycles. The van der Waals surface area contributed by atoms with E-state index in [1.54, 1.807) is 12.1 Å². The molecule has 2 rings (SSSR count). The lowest BCUT2D eigenvalue weighted by molar-refractivity contribution is -0.130. The molecule has 1 heterocycles. The van der Waals surface area contributed by atoms with Crippen molar-refractivity contribution in [2.45, 2.75) is 37.0 Å². The van der Waals surface area contributed by atoms with Crippen molar-refractivity contribution in [3.63, 3.8) is 0 Å². The number of hydrogen-bond acceptors (Lipinski definition) is 4. The van der Waals surface area contributed by atoms with E-state index in [0.717, 1.165) is 18.4 Å². The second-order valence-electron chi connectivity index (χ2n) is 4.98. The van der Waals surface area contributed by atoms with Crippen LogP contribution in [0.15, 0.2) is 29.2 Å². The van der Waals surface area contributed by atoms with E-state index < -0.39 is 16.3 Å². The Labute approximate surface area is 120 Å². The molecular weight excluding hydrogens is 278 g/mol. The van der Waals surface area contributed by atoms with Crippen molar-refractivity contribution in [2.75, 3.05) is 20.8 Å². The van der Waals surface area contributed by atoms with E-state index in [9.17, 15) is 8.42 Å². The van der Waals surface area contributed by atoms with E-state index in [-0.39, 0.29) is 6.04 Å². The van der Waals surface area contributed by atoms with Crippen molar-refractivity contribution in [1.29, 1.82) is 0 Å². The zero-order chi connectivity index (χ0) is 14.8. The van der Waals surface area contributed by atoms with Crippen molar-refractivity contribution in [1.82, 2.24) is 4.31 Å². The Kier molecular flexibility index (Phi) is 4.80. The number of ether oxygens (including phenoxy) is 2. The average molecular weight is 299 g/mol. The zero-order valence-electron chi connectivity index (χ0n) is 12.1. The van der Waals surface area contributed by atoms with E-state index in [2.05, 4.69) is 0 Å². The van der Waals surface area contributed by atoms with Gasteiger partial charge >= 0.3 is 0 Å². The van der Waals surface area contributed by atoms with Crippen LogP contribution in [-0.4, -0.2) is 45.8 Å². The van der Waals surface area contributed by atoms with Crippen LogP contribution in [0.4, 0.5) is 0 Å². The summed E-state index contributed by atoms with van der Waals surface area (Å²) in [7, 11) is -0.435. The summed E-state index contributed by atoms with van der Waals surface area (Å²) in [5.74, 6) is 0. The fraction of sp³-hybridized carbons (Fsp3) is 0.571. The summed E-state index contributed by atoms with van der Waals surface area (Å²) in [5.41, 5.74) is 1.04. The molecule has 0 bridgehead atoms. The summed E-state index contributed by atoms with van der Waals surface area (Å²) in [6.07, 6.45) is 1.04. The number of hydrogen-bond donors (Lipinski definition) is 0. The summed E-state index contributed by atoms with van der Waals surface area (Å²) in [6.45, 7) is 2.44. The van der Waals surface area contributed by atoms with E-state index >= 15 is 0 Å². The highest BCUT2D eigenvalue weighted by Crippen LogP contribution is 2.29. The van der Waals surface area contributed by atoms with Gasteiger partial charge in [0.1, 0.15) is 0 Å². The maximum absolute atomic E-state index is 12.7. The van der Waals surface area contributed by atoms with Gasteiger partial charge in [-0.1, -0.05) is 17.7 Å². The molecule has 1 atom stereocenters. The third kappa shape index (κ3) is 2.88. The molecular formula is C14H21NO4S. The first-order valence-electron chi connectivity index (χ1n) is 6.65. The molecule has 20 heavy (non-hydrogen) atoms. The molecule has 1 unspecified atom stereocenters. The lowest BCUT2D eigenvalue weighted by Crippen LogP contribution is -2.44. The van der Waals surface area contributed by atoms with Gasteiger partial charge in [0.25, 0.3) is 0 Å². The van der Waals surface area contributed by atoms with Crippen molar-refractivity contribution in [2.24, 2.45) is 0 Å². The summed E-state index contributed by atoms with van der Waals surface area (Å²) >= 11 is 0. The molecule has 0 radical (unpaired) electrons. The smallest absolute Gasteiger partial charge is 0.243 e. The van der Waals surface area contributed by atoms with E-state index in [4.69, 9.17) is 9.47 Å². The predicted octanol–water partition coefficient (Wildman–Crippen LogP) is 1.77. The van der Waals surface area contributed by atoms with Crippen LogP contribution in [-0.2, 0) is 19.5 Å². The SMILES string of the molecule is COC(OC)C1CCCN1S(=O)(=O)c1ccc(C)cc1. The molecule has 0 aromatic heterocycles. The number of sulfonamides is 1. The molecule has 5 nitrogen and oxygen atoms in total. The van der Waals surface area contributed by atoms with Gasteiger partial charge in [-0.25, -0.2) is 8.42 Å². The molecule has 1 aliphatic heterocycles. The Morgan fingerprint density at radius 3 is 2.35 bits per heavy atom. The lowest BCUT2D eigenvalue weighted by Gasteiger charge is -2.29. The van der Waals surface area contributed by atoms with Crippen molar-refractivity contribution in [3.8, 4) is 0 Å². The number of aryl methyl sites for hydroxylation is 1. The third-order valence-corrected chi connectivity index (χ3v) is 5.59. The van der Waals surface area contributed by atoms with E-state index in [0.29, 0.717) is 11.4 Å². The minimum absolute atomic E-state index is 0.267. The summed E-state index contributed by atoms with van der Waals surface area (Å²) in [6, 6.07) is 6.64. The molecule has 0 saturated carbocycles. The molecule has 0 spiro atoms. The second kappa shape index (κ2) is 6.22. The van der Waals surface area contributed by atoms with Gasteiger partial charge in [-0.15, -0.1) is 0 Å². The van der Waals surface area contributed by atoms with Crippen LogP contribution in [0.3, 0.4) is 0 Å². The van der Waals surface area contributed by atoms with Crippen LogP contribution in [0.1, 0.15) is 18.4 Å². The molecule has 0 amide bonds. The molecule has 1 fully saturated rings. The summed E-state index contributed by atoms with van der Waals surface area (Å²) in [5, 5.41) is 0. The average Bonchev–Trinajstić information content (AvgIpc) is 2.91. The molecule has 112 valence electrons. The standard InChI is InChI=1S/C14H21NO4S/c1-11-6-8-12(9-7-11)20(16,17)15-10-4-5-13(15)14(18-2)19-3/h6-9,13-14H,4-5,10H2,1-3H3. The van der Waals surface area contributed by atoms with Crippen LogP contribution in [0.5, 0.6) is 0 Å². The first-order valence-corrected chi connectivity index (χ1v) is 8.09. The molecule has 0 N–H and O–H groups in total. The molecule has 6 heteroatoms. The molecule has 1 aromatic rings. The van der Waals surface area contributed by atoms with Gasteiger partial charge in [-0.3, -0.25) is 0 Å². The Morgan fingerprint density at radius 1 is 1.20 bits per heavy atom. The van der Waals surface area contributed by atoms with Crippen molar-refractivity contribution in [3.05, 3.63) is 29.8 Å². The van der Waals surface area contributed by atoms with Crippen LogP contribution >= 0.6 is 0 Å². The van der Waals surface area contributed by atoms with Gasteiger partial charge in [0.15, 0.2) is 6.29 Å². The maximum Gasteiger partial charge on any atom is 0.243 e. The minimum Gasteiger partial charge on any atom is -0.354 e. The Morgan fingerprint density at radius 2 is 1.80 bits per heavy atom. The quantitative estimate of drug-likeness (QED) is 0.778. The van der Waals surface area contributed by atoms with Crippen LogP contribution in [0.25, 0.3) is 0 Å². The highest BCUT2D eigenvalue weighted by molar-refractivity contribution is 7.89. The minimum atomic E-state index is -3.50. The molecule has 1 saturated heterocycles. The second-order valence-corrected chi connectivity index (χ2v) is 6.87. The van der Waals surface area contributed by atoms with Crippen molar-refractivity contribution >= 4 is 10.0 Å². The normalized spacial score (nSPS) is 20.7. The monoisotopic (exact) mass is 299 g/mol. The van der Waals surface area contributed by atoms with Gasteiger partial charge in [-0.05, 0) is 31.9 Å². The van der Waals surface area contributed by atoms with E-state index in [1.807, 2.05) is 19.1 Å². The largest absolute Gasteiger partial charge is 0.354 e. The molecule has 1 aliphatic rings. The van der Waals surface area contributed by atoms with Crippen LogP contribution in [0.2, 0.25) is 0 Å². The fourth-order valence-corrected chi connectivity index (χ4v) is 4.27. The van der Waals surface area contributed by atoms with Crippen molar-refractivity contribution < 1.29 is 17.9 Å². The maximum atomic E-state index is 12.7. The van der Waals surface area contributed by atoms with Gasteiger partial charge < -0.3 is 9.47 Å². The Bertz CT molecular complexity index is 537. The third-order valence-electron chi connectivity index (χ3n) is 3.65. The Hall–Kier alpha value is -0.950. The topological polar surface area (TPSA) is 55.8 Å². The predicted molar refractivity (Wildman–Crippen MR) is 75.9 cm³/mol. The number of methoxy groups -OCH3 is 2. The van der Waals surface area contributed by atoms with Gasteiger partial charge in [0, 0.05) is 20.8 Å². The van der Waals surface area contributed by atoms with Crippen LogP contribution < -0.4 is 0 Å². The van der Waals surface area contributed by atoms with E-state index in [1.165, 1.54) is 18.5 Å². The zero-order valence-corrected chi connectivity index (χ0v) is 12.9. The van der Waals surface area contributed by atoms with Crippen LogP contribution in [0, 0.1) is 6.92 Å². The molecule has 0 aliphatic carbocycles. The number of benzene rings is 1. The highest BCUT2D eigenvalue weighted by Gasteiger charge is 2.40. The van der Waals surface area contributed by atoms with Gasteiger partial charge in [-0.2, -0.15) is 4.31 Å². The first-order chi connectivity index (χ1) is 9.50. The first kappa shape index (κ1) is 15.4. The number of rotatable bonds is 5. The number of nitrogens with zero attached hydrogens (tertiary/aromatic N) is 1. The highest BCUT2D eigenvalue weighted by atomic mass is 32.2. The summed E-state index contributed by atoms with van der Waals surface area (Å²) < 4.78 is 37.4. The fourth-order valence-electron chi connectivity index (χ4n) is 2.59. The van der Waals surface area contributed by atoms with Gasteiger partial charge in [0.05, 0.1) is 10.9 Å².